The Labute approximate surface area is 168 Å². The third-order valence-corrected chi connectivity index (χ3v) is 4.17. The Morgan fingerprint density at radius 3 is 2.41 bits per heavy atom. The highest BCUT2D eigenvalue weighted by Crippen LogP contribution is 2.28. The van der Waals surface area contributed by atoms with Gasteiger partial charge in [-0.1, -0.05) is 30.3 Å². The molecule has 0 radical (unpaired) electrons. The first-order valence-corrected chi connectivity index (χ1v) is 9.05. The van der Waals surface area contributed by atoms with Crippen molar-refractivity contribution >= 4 is 29.7 Å². The molecule has 1 atom stereocenters. The van der Waals surface area contributed by atoms with Gasteiger partial charge in [-0.15, -0.1) is 0 Å². The number of amides is 5. The smallest absolute Gasteiger partial charge is 0.326 e. The minimum Gasteiger partial charge on any atom is -0.454 e. The predicted molar refractivity (Wildman–Crippen MR) is 101 cm³/mol. The summed E-state index contributed by atoms with van der Waals surface area (Å²) in [6, 6.07) is 7.84. The van der Waals surface area contributed by atoms with Gasteiger partial charge < -0.3 is 20.7 Å². The quantitative estimate of drug-likeness (QED) is 0.400. The number of carbonyl (C=O) groups is 5. The van der Waals surface area contributed by atoms with Crippen LogP contribution in [0.25, 0.3) is 0 Å². The summed E-state index contributed by atoms with van der Waals surface area (Å²) in [5.41, 5.74) is -0.715. The molecule has 2 rings (SSSR count). The van der Waals surface area contributed by atoms with E-state index in [2.05, 4.69) is 16.0 Å². The van der Waals surface area contributed by atoms with Crippen LogP contribution >= 0.6 is 0 Å². The highest BCUT2D eigenvalue weighted by molar-refractivity contribution is 6.08. The Bertz CT molecular complexity index is 810. The molecule has 3 N–H and O–H groups in total. The number of benzene rings is 1. The molecule has 1 saturated heterocycles. The average molecular weight is 404 g/mol. The van der Waals surface area contributed by atoms with E-state index in [4.69, 9.17) is 4.74 Å². The molecule has 0 spiro atoms. The molecule has 0 unspecified atom stereocenters. The summed E-state index contributed by atoms with van der Waals surface area (Å²) < 4.78 is 4.79. The summed E-state index contributed by atoms with van der Waals surface area (Å²) >= 11 is 0. The van der Waals surface area contributed by atoms with Gasteiger partial charge in [0.2, 0.25) is 5.91 Å². The Kier molecular flexibility index (Phi) is 6.92. The molecule has 10 nitrogen and oxygen atoms in total. The van der Waals surface area contributed by atoms with Crippen LogP contribution in [0, 0.1) is 0 Å². The molecule has 0 aliphatic carbocycles. The van der Waals surface area contributed by atoms with Crippen molar-refractivity contribution in [2.24, 2.45) is 0 Å². The molecule has 1 heterocycles. The summed E-state index contributed by atoms with van der Waals surface area (Å²) in [5.74, 6) is -2.57. The van der Waals surface area contributed by atoms with E-state index in [-0.39, 0.29) is 18.5 Å². The van der Waals surface area contributed by atoms with Crippen LogP contribution < -0.4 is 16.0 Å². The number of ether oxygens (including phenoxy) is 1. The van der Waals surface area contributed by atoms with Crippen LogP contribution in [0.2, 0.25) is 0 Å². The summed E-state index contributed by atoms with van der Waals surface area (Å²) in [5, 5.41) is 7.46. The predicted octanol–water partition coefficient (Wildman–Crippen LogP) is -0.362. The zero-order valence-electron chi connectivity index (χ0n) is 16.5. The second kappa shape index (κ2) is 9.18. The number of nitrogens with one attached hydrogen (secondary N) is 3. The van der Waals surface area contributed by atoms with E-state index >= 15 is 0 Å². The normalized spacial score (nSPS) is 18.4. The van der Waals surface area contributed by atoms with Crippen molar-refractivity contribution in [3.8, 4) is 0 Å². The zero-order chi connectivity index (χ0) is 21.6. The second-order valence-electron chi connectivity index (χ2n) is 6.97. The van der Waals surface area contributed by atoms with Crippen molar-refractivity contribution in [2.45, 2.75) is 32.4 Å². The largest absolute Gasteiger partial charge is 0.454 e. The Balaban J connectivity index is 1.84. The molecule has 1 fully saturated rings. The van der Waals surface area contributed by atoms with Crippen molar-refractivity contribution < 1.29 is 28.7 Å². The van der Waals surface area contributed by atoms with Crippen molar-refractivity contribution in [2.75, 3.05) is 19.7 Å². The van der Waals surface area contributed by atoms with Crippen LogP contribution in [0.15, 0.2) is 30.3 Å². The minimum absolute atomic E-state index is 0.0667. The molecule has 5 amide bonds. The Morgan fingerprint density at radius 2 is 1.79 bits per heavy atom. The monoisotopic (exact) mass is 404 g/mol. The lowest BCUT2D eigenvalue weighted by Crippen LogP contribution is -2.42. The number of nitrogens with zero attached hydrogens (tertiary/aromatic N) is 1. The van der Waals surface area contributed by atoms with E-state index in [1.807, 2.05) is 0 Å². The van der Waals surface area contributed by atoms with Crippen molar-refractivity contribution in [1.29, 1.82) is 0 Å². The number of urea groups is 1. The SMILES string of the molecule is CC(C)NC(=O)CNC(=O)COC(=O)CN1C(=O)N[C@@](C)(c2ccccc2)C1=O. The molecule has 29 heavy (non-hydrogen) atoms. The molecule has 0 aromatic heterocycles. The molecular formula is C19H24N4O6. The average Bonchev–Trinajstić information content (AvgIpc) is 2.89. The highest BCUT2D eigenvalue weighted by Gasteiger charge is 2.49. The lowest BCUT2D eigenvalue weighted by atomic mass is 9.92. The maximum absolute atomic E-state index is 12.7. The second-order valence-corrected chi connectivity index (χ2v) is 6.97. The van der Waals surface area contributed by atoms with Crippen LogP contribution in [0.5, 0.6) is 0 Å². The summed E-state index contributed by atoms with van der Waals surface area (Å²) in [7, 11) is 0. The molecule has 1 aromatic rings. The van der Waals surface area contributed by atoms with E-state index in [0.29, 0.717) is 5.56 Å². The fraction of sp³-hybridized carbons (Fsp3) is 0.421. The highest BCUT2D eigenvalue weighted by atomic mass is 16.5. The first-order valence-electron chi connectivity index (χ1n) is 9.05. The maximum atomic E-state index is 12.7. The Hall–Kier alpha value is -3.43. The first-order chi connectivity index (χ1) is 13.6. The van der Waals surface area contributed by atoms with Gasteiger partial charge in [0.25, 0.3) is 11.8 Å². The van der Waals surface area contributed by atoms with Crippen molar-refractivity contribution in [1.82, 2.24) is 20.9 Å². The van der Waals surface area contributed by atoms with Crippen molar-refractivity contribution in [3.05, 3.63) is 35.9 Å². The van der Waals surface area contributed by atoms with Crippen LogP contribution in [-0.2, 0) is 29.5 Å². The summed E-state index contributed by atoms with van der Waals surface area (Å²) in [4.78, 5) is 60.7. The topological polar surface area (TPSA) is 134 Å². The fourth-order valence-electron chi connectivity index (χ4n) is 2.73. The van der Waals surface area contributed by atoms with Crippen LogP contribution in [-0.4, -0.2) is 60.4 Å². The van der Waals surface area contributed by atoms with Gasteiger partial charge in [0, 0.05) is 6.04 Å². The number of imide groups is 1. The van der Waals surface area contributed by atoms with Gasteiger partial charge in [-0.05, 0) is 26.3 Å². The molecule has 156 valence electrons. The van der Waals surface area contributed by atoms with Crippen LogP contribution in [0.1, 0.15) is 26.3 Å². The standard InChI is InChI=1S/C19H24N4O6/c1-12(2)21-14(24)9-20-15(25)11-29-16(26)10-23-17(27)19(3,22-18(23)28)13-7-5-4-6-8-13/h4-8,12H,9-11H2,1-3H3,(H,20,25)(H,21,24)(H,22,28)/t19-/m0/s1. The Morgan fingerprint density at radius 1 is 1.14 bits per heavy atom. The lowest BCUT2D eigenvalue weighted by Gasteiger charge is -2.21. The van der Waals surface area contributed by atoms with Crippen LogP contribution in [0.4, 0.5) is 4.79 Å². The summed E-state index contributed by atoms with van der Waals surface area (Å²) in [6.45, 7) is 3.59. The lowest BCUT2D eigenvalue weighted by molar-refractivity contribution is -0.151. The van der Waals surface area contributed by atoms with E-state index in [9.17, 15) is 24.0 Å². The zero-order valence-corrected chi connectivity index (χ0v) is 16.5. The number of esters is 1. The van der Waals surface area contributed by atoms with Gasteiger partial charge in [-0.3, -0.25) is 24.1 Å². The number of hydrogen-bond acceptors (Lipinski definition) is 6. The molecule has 1 aliphatic heterocycles. The summed E-state index contributed by atoms with van der Waals surface area (Å²) in [6.07, 6.45) is 0. The maximum Gasteiger partial charge on any atom is 0.326 e. The fourth-order valence-corrected chi connectivity index (χ4v) is 2.73. The van der Waals surface area contributed by atoms with Gasteiger partial charge in [0.15, 0.2) is 6.61 Å². The molecule has 10 heteroatoms. The van der Waals surface area contributed by atoms with E-state index in [0.717, 1.165) is 4.90 Å². The van der Waals surface area contributed by atoms with Gasteiger partial charge in [-0.25, -0.2) is 4.79 Å². The third kappa shape index (κ3) is 5.53. The first kappa shape index (κ1) is 21.9. The van der Waals surface area contributed by atoms with E-state index < -0.39 is 42.5 Å². The molecule has 0 bridgehead atoms. The van der Waals surface area contributed by atoms with Gasteiger partial charge in [-0.2, -0.15) is 0 Å². The van der Waals surface area contributed by atoms with Gasteiger partial charge in [0.1, 0.15) is 12.1 Å². The number of carbonyl (C=O) groups excluding carboxylic acids is 5. The van der Waals surface area contributed by atoms with E-state index in [1.54, 1.807) is 51.1 Å². The van der Waals surface area contributed by atoms with Gasteiger partial charge in [0.05, 0.1) is 6.54 Å². The molecule has 1 aromatic carbocycles. The minimum atomic E-state index is -1.29. The van der Waals surface area contributed by atoms with Gasteiger partial charge >= 0.3 is 12.0 Å². The van der Waals surface area contributed by atoms with Crippen LogP contribution in [0.3, 0.4) is 0 Å². The number of hydrogen-bond donors (Lipinski definition) is 3. The number of rotatable bonds is 8. The van der Waals surface area contributed by atoms with Crippen molar-refractivity contribution in [3.63, 3.8) is 0 Å². The molecule has 0 saturated carbocycles. The van der Waals surface area contributed by atoms with E-state index in [1.165, 1.54) is 0 Å². The molecular weight excluding hydrogens is 380 g/mol. The molecule has 1 aliphatic rings. The third-order valence-electron chi connectivity index (χ3n) is 4.17.